The smallest absolute Gasteiger partial charge is 0.193 e. The molecule has 4 nitrogen and oxygen atoms in total. The molecule has 2 aliphatic heterocycles. The van der Waals surface area contributed by atoms with Gasteiger partial charge in [-0.3, -0.25) is 0 Å². The Hall–Kier alpha value is -1.97. The highest BCUT2D eigenvalue weighted by atomic mass is 15.4. The molecule has 0 spiro atoms. The van der Waals surface area contributed by atoms with Gasteiger partial charge in [-0.1, -0.05) is 77.2 Å². The van der Waals surface area contributed by atoms with Crippen LogP contribution in [0.2, 0.25) is 25.3 Å². The molecule has 34 heavy (non-hydrogen) atoms. The summed E-state index contributed by atoms with van der Waals surface area (Å²) < 4.78 is 0. The minimum absolute atomic E-state index is 0.448. The van der Waals surface area contributed by atoms with Crippen molar-refractivity contribution in [3.8, 4) is 0 Å². The molecular weight excluding hydrogens is 414 g/mol. The summed E-state index contributed by atoms with van der Waals surface area (Å²) in [6.07, 6.45) is 14.2. The third kappa shape index (κ3) is 5.63. The second-order valence-corrected chi connectivity index (χ2v) is 10.8. The molecule has 0 saturated heterocycles. The number of nitrogens with zero attached hydrogens (tertiary/aromatic N) is 4. The van der Waals surface area contributed by atoms with Crippen molar-refractivity contribution in [3.05, 3.63) is 60.2 Å². The zero-order valence-corrected chi connectivity index (χ0v) is 23.1. The molecule has 0 aromatic heterocycles. The first-order chi connectivity index (χ1) is 16.4. The van der Waals surface area contributed by atoms with Gasteiger partial charge in [-0.15, -0.1) is 0 Å². The molecule has 0 amide bonds. The SMILES string of the molecule is CCB(CC)C1N(Cc2ccccc2CN2C=CN(C(C)C)C2B(CC)CC)C=CN1C(C)C. The molecule has 6 heteroatoms. The lowest BCUT2D eigenvalue weighted by Gasteiger charge is -2.40. The van der Waals surface area contributed by atoms with Gasteiger partial charge in [0, 0.05) is 50.0 Å². The summed E-state index contributed by atoms with van der Waals surface area (Å²) in [5, 5.41) is 0. The van der Waals surface area contributed by atoms with Crippen LogP contribution in [0.15, 0.2) is 49.1 Å². The molecule has 0 N–H and O–H groups in total. The van der Waals surface area contributed by atoms with E-state index in [0.29, 0.717) is 37.6 Å². The van der Waals surface area contributed by atoms with Crippen LogP contribution in [0.4, 0.5) is 0 Å². The summed E-state index contributed by atoms with van der Waals surface area (Å²) in [6, 6.07) is 11.0. The van der Waals surface area contributed by atoms with E-state index in [9.17, 15) is 0 Å². The third-order valence-corrected chi connectivity index (χ3v) is 8.11. The first kappa shape index (κ1) is 26.6. The van der Waals surface area contributed by atoms with Gasteiger partial charge in [-0.05, 0) is 38.8 Å². The van der Waals surface area contributed by atoms with E-state index in [1.54, 1.807) is 0 Å². The van der Waals surface area contributed by atoms with Crippen LogP contribution in [-0.4, -0.2) is 57.2 Å². The molecule has 0 aliphatic carbocycles. The van der Waals surface area contributed by atoms with Crippen molar-refractivity contribution in [2.75, 3.05) is 0 Å². The van der Waals surface area contributed by atoms with Gasteiger partial charge >= 0.3 is 0 Å². The highest BCUT2D eigenvalue weighted by molar-refractivity contribution is 6.60. The predicted octanol–water partition coefficient (Wildman–Crippen LogP) is 6.48. The van der Waals surface area contributed by atoms with Crippen molar-refractivity contribution >= 4 is 13.4 Å². The van der Waals surface area contributed by atoms with E-state index in [0.717, 1.165) is 13.1 Å². The zero-order valence-electron chi connectivity index (χ0n) is 23.1. The maximum atomic E-state index is 2.59. The Labute approximate surface area is 211 Å². The van der Waals surface area contributed by atoms with Gasteiger partial charge in [0.25, 0.3) is 0 Å². The number of hydrogen-bond donors (Lipinski definition) is 0. The standard InChI is InChI=1S/C28H48B2N4/c1-9-29(10-2)27-31(17-19-33(27)23(5)6)21-25-15-13-14-16-26(25)22-32-18-20-34(24(7)8)28(32)30(11-3)12-4/h13-20,23-24,27-28H,9-12,21-22H2,1-8H3. The number of hydrogen-bond acceptors (Lipinski definition) is 4. The van der Waals surface area contributed by atoms with Crippen molar-refractivity contribution < 1.29 is 0 Å². The quantitative estimate of drug-likeness (QED) is 0.330. The number of benzene rings is 1. The van der Waals surface area contributed by atoms with Gasteiger partial charge in [0.15, 0.2) is 13.4 Å². The van der Waals surface area contributed by atoms with Gasteiger partial charge in [0.05, 0.1) is 12.1 Å². The first-order valence-corrected chi connectivity index (χ1v) is 13.9. The molecule has 0 bridgehead atoms. The van der Waals surface area contributed by atoms with Crippen LogP contribution in [0, 0.1) is 0 Å². The lowest BCUT2D eigenvalue weighted by molar-refractivity contribution is 0.176. The Morgan fingerprint density at radius 2 is 0.971 bits per heavy atom. The van der Waals surface area contributed by atoms with Crippen LogP contribution in [0.25, 0.3) is 0 Å². The second-order valence-electron chi connectivity index (χ2n) is 10.8. The van der Waals surface area contributed by atoms with Crippen LogP contribution in [0.1, 0.15) is 66.5 Å². The Kier molecular flexibility index (Phi) is 9.50. The summed E-state index contributed by atoms with van der Waals surface area (Å²) in [4.78, 5) is 10.3. The molecule has 1 aromatic carbocycles. The third-order valence-electron chi connectivity index (χ3n) is 8.11. The normalized spacial score (nSPS) is 19.9. The zero-order chi connectivity index (χ0) is 24.8. The molecular formula is C28H48B2N4. The summed E-state index contributed by atoms with van der Waals surface area (Å²) in [5.41, 5.74) is 2.90. The Bertz CT molecular complexity index is 749. The van der Waals surface area contributed by atoms with Crippen LogP contribution in [-0.2, 0) is 13.1 Å². The molecule has 0 fully saturated rings. The van der Waals surface area contributed by atoms with E-state index < -0.39 is 0 Å². The van der Waals surface area contributed by atoms with Crippen LogP contribution >= 0.6 is 0 Å². The fraction of sp³-hybridized carbons (Fsp3) is 0.643. The average Bonchev–Trinajstić information content (AvgIpc) is 3.42. The second kappa shape index (κ2) is 12.1. The molecule has 0 radical (unpaired) electrons. The molecule has 1 aromatic rings. The van der Waals surface area contributed by atoms with Crippen molar-refractivity contribution in [2.45, 2.75) is 118 Å². The van der Waals surface area contributed by atoms with E-state index in [-0.39, 0.29) is 0 Å². The van der Waals surface area contributed by atoms with Crippen molar-refractivity contribution in [3.63, 3.8) is 0 Å². The first-order valence-electron chi connectivity index (χ1n) is 13.9. The maximum absolute atomic E-state index is 2.59. The number of rotatable bonds is 12. The highest BCUT2D eigenvalue weighted by Crippen LogP contribution is 2.30. The minimum Gasteiger partial charge on any atom is -0.361 e. The van der Waals surface area contributed by atoms with Crippen LogP contribution < -0.4 is 0 Å². The summed E-state index contributed by atoms with van der Waals surface area (Å²) >= 11 is 0. The highest BCUT2D eigenvalue weighted by Gasteiger charge is 2.37. The Balaban J connectivity index is 1.83. The van der Waals surface area contributed by atoms with Crippen molar-refractivity contribution in [1.82, 2.24) is 19.6 Å². The molecule has 2 aliphatic rings. The van der Waals surface area contributed by atoms with E-state index in [4.69, 9.17) is 0 Å². The summed E-state index contributed by atoms with van der Waals surface area (Å²) in [7, 11) is 0. The molecule has 0 saturated carbocycles. The lowest BCUT2D eigenvalue weighted by Crippen LogP contribution is -2.51. The Morgan fingerprint density at radius 1 is 0.618 bits per heavy atom. The predicted molar refractivity (Wildman–Crippen MR) is 151 cm³/mol. The van der Waals surface area contributed by atoms with E-state index in [1.165, 1.54) is 36.4 Å². The van der Waals surface area contributed by atoms with Crippen LogP contribution in [0.3, 0.4) is 0 Å². The average molecular weight is 462 g/mol. The molecule has 2 heterocycles. The minimum atomic E-state index is 0.448. The van der Waals surface area contributed by atoms with Crippen molar-refractivity contribution in [2.24, 2.45) is 0 Å². The molecule has 2 unspecified atom stereocenters. The van der Waals surface area contributed by atoms with Gasteiger partial charge < -0.3 is 19.6 Å². The maximum Gasteiger partial charge on any atom is 0.193 e. The fourth-order valence-corrected chi connectivity index (χ4v) is 5.98. The van der Waals surface area contributed by atoms with Crippen molar-refractivity contribution in [1.29, 1.82) is 0 Å². The molecule has 3 rings (SSSR count). The van der Waals surface area contributed by atoms with Gasteiger partial charge in [-0.25, -0.2) is 0 Å². The van der Waals surface area contributed by atoms with Crippen LogP contribution in [0.5, 0.6) is 0 Å². The van der Waals surface area contributed by atoms with Gasteiger partial charge in [-0.2, -0.15) is 0 Å². The fourth-order valence-electron chi connectivity index (χ4n) is 5.98. The Morgan fingerprint density at radius 3 is 1.26 bits per heavy atom. The monoisotopic (exact) mass is 462 g/mol. The van der Waals surface area contributed by atoms with Gasteiger partial charge in [0.2, 0.25) is 0 Å². The van der Waals surface area contributed by atoms with E-state index >= 15 is 0 Å². The van der Waals surface area contributed by atoms with Gasteiger partial charge in [0.1, 0.15) is 0 Å². The molecule has 186 valence electrons. The topological polar surface area (TPSA) is 13.0 Å². The summed E-state index contributed by atoms with van der Waals surface area (Å²) in [5.74, 6) is 0. The largest absolute Gasteiger partial charge is 0.361 e. The van der Waals surface area contributed by atoms with E-state index in [1.807, 2.05) is 0 Å². The molecule has 2 atom stereocenters. The summed E-state index contributed by atoms with van der Waals surface area (Å²) in [6.45, 7) is 21.9. The lowest BCUT2D eigenvalue weighted by atomic mass is 9.42. The van der Waals surface area contributed by atoms with E-state index in [2.05, 4.69) is 124 Å².